The number of pyridine rings is 1. The van der Waals surface area contributed by atoms with Gasteiger partial charge in [0.2, 0.25) is 0 Å². The molecule has 0 fully saturated rings. The van der Waals surface area contributed by atoms with E-state index in [1.54, 1.807) is 18.5 Å². The first kappa shape index (κ1) is 19.1. The second-order valence-corrected chi connectivity index (χ2v) is 6.20. The van der Waals surface area contributed by atoms with Crippen LogP contribution in [-0.4, -0.2) is 16.6 Å². The number of aliphatic imine (C=N–C) groups is 1. The Morgan fingerprint density at radius 3 is 2.89 bits per heavy atom. The van der Waals surface area contributed by atoms with Gasteiger partial charge in [-0.2, -0.15) is 0 Å². The Kier molecular flexibility index (Phi) is 6.01. The molecule has 1 aliphatic heterocycles. The maximum absolute atomic E-state index is 12.5. The van der Waals surface area contributed by atoms with Crippen LogP contribution in [0.4, 0.5) is 11.5 Å². The van der Waals surface area contributed by atoms with Gasteiger partial charge in [-0.05, 0) is 49.9 Å². The second-order valence-electron chi connectivity index (χ2n) is 6.20. The van der Waals surface area contributed by atoms with Crippen LogP contribution in [0.1, 0.15) is 35.3 Å². The highest BCUT2D eigenvalue weighted by Crippen LogP contribution is 2.32. The first-order chi connectivity index (χ1) is 13.6. The standard InChI is InChI=1S/C22H23N5O/c1-4-11-23-19(14-25-15(3)5-2)16-9-10-18(21-17(16)13-26-22(21)28)27-20-8-6-7-12-24-20/h4-12,14,23H,2,13H2,1,3H3,(H,24,27)(H,26,28)/b11-4-,19-14-,25-15+. The summed E-state index contributed by atoms with van der Waals surface area (Å²) in [5.41, 5.74) is 4.79. The molecule has 2 aromatic rings. The molecule has 2 heterocycles. The number of fused-ring (bicyclic) bond motifs is 1. The Labute approximate surface area is 164 Å². The summed E-state index contributed by atoms with van der Waals surface area (Å²) in [7, 11) is 0. The summed E-state index contributed by atoms with van der Waals surface area (Å²) in [6, 6.07) is 9.47. The molecule has 0 bridgehead atoms. The van der Waals surface area contributed by atoms with Crippen LogP contribution < -0.4 is 16.0 Å². The second kappa shape index (κ2) is 8.81. The number of nitrogens with zero attached hydrogens (tertiary/aromatic N) is 2. The van der Waals surface area contributed by atoms with Crippen molar-refractivity contribution >= 4 is 28.8 Å². The number of hydrogen-bond acceptors (Lipinski definition) is 5. The monoisotopic (exact) mass is 373 g/mol. The van der Waals surface area contributed by atoms with E-state index in [1.165, 1.54) is 0 Å². The van der Waals surface area contributed by atoms with Crippen molar-refractivity contribution < 1.29 is 4.79 Å². The molecule has 1 aliphatic rings. The maximum atomic E-state index is 12.5. The molecule has 0 spiro atoms. The van der Waals surface area contributed by atoms with Crippen LogP contribution in [0.3, 0.4) is 0 Å². The van der Waals surface area contributed by atoms with Crippen LogP contribution in [0.2, 0.25) is 0 Å². The predicted molar refractivity (Wildman–Crippen MR) is 114 cm³/mol. The van der Waals surface area contributed by atoms with Gasteiger partial charge in [0.25, 0.3) is 5.91 Å². The van der Waals surface area contributed by atoms with E-state index < -0.39 is 0 Å². The molecule has 1 amide bonds. The molecule has 0 aliphatic carbocycles. The summed E-state index contributed by atoms with van der Waals surface area (Å²) >= 11 is 0. The third-order valence-corrected chi connectivity index (χ3v) is 4.28. The van der Waals surface area contributed by atoms with Gasteiger partial charge in [0.1, 0.15) is 5.82 Å². The quantitative estimate of drug-likeness (QED) is 0.638. The summed E-state index contributed by atoms with van der Waals surface area (Å²) in [5, 5.41) is 9.40. The molecule has 6 heteroatoms. The van der Waals surface area contributed by atoms with Crippen LogP contribution in [-0.2, 0) is 6.54 Å². The van der Waals surface area contributed by atoms with Gasteiger partial charge >= 0.3 is 0 Å². The van der Waals surface area contributed by atoms with E-state index in [2.05, 4.69) is 32.5 Å². The number of amides is 1. The fourth-order valence-corrected chi connectivity index (χ4v) is 2.86. The average Bonchev–Trinajstić information content (AvgIpc) is 3.11. The summed E-state index contributed by atoms with van der Waals surface area (Å²) in [4.78, 5) is 21.2. The number of carbonyl (C=O) groups is 1. The van der Waals surface area contributed by atoms with Crippen molar-refractivity contribution in [2.45, 2.75) is 20.4 Å². The Morgan fingerprint density at radius 2 is 2.18 bits per heavy atom. The number of aromatic nitrogens is 1. The smallest absolute Gasteiger partial charge is 0.254 e. The van der Waals surface area contributed by atoms with E-state index in [4.69, 9.17) is 0 Å². The molecule has 0 radical (unpaired) electrons. The fourth-order valence-electron chi connectivity index (χ4n) is 2.86. The lowest BCUT2D eigenvalue weighted by molar-refractivity contribution is 0.0966. The van der Waals surface area contributed by atoms with Gasteiger partial charge in [-0.1, -0.05) is 24.8 Å². The molecule has 3 rings (SSSR count). The lowest BCUT2D eigenvalue weighted by Crippen LogP contribution is -2.13. The van der Waals surface area contributed by atoms with E-state index >= 15 is 0 Å². The molecule has 1 aromatic carbocycles. The van der Waals surface area contributed by atoms with Gasteiger partial charge in [-0.15, -0.1) is 0 Å². The first-order valence-electron chi connectivity index (χ1n) is 9.01. The Balaban J connectivity index is 2.06. The van der Waals surface area contributed by atoms with E-state index in [0.717, 1.165) is 28.2 Å². The Bertz CT molecular complexity index is 974. The number of allylic oxidation sites excluding steroid dienone is 2. The van der Waals surface area contributed by atoms with Crippen LogP contribution in [0.25, 0.3) is 5.70 Å². The van der Waals surface area contributed by atoms with Gasteiger partial charge in [-0.25, -0.2) is 4.98 Å². The molecule has 0 saturated carbocycles. The molecule has 0 unspecified atom stereocenters. The molecular weight excluding hydrogens is 350 g/mol. The van der Waals surface area contributed by atoms with Crippen molar-refractivity contribution in [2.75, 3.05) is 5.32 Å². The van der Waals surface area contributed by atoms with Crippen molar-refractivity contribution in [3.63, 3.8) is 0 Å². The van der Waals surface area contributed by atoms with Gasteiger partial charge in [0.05, 0.1) is 23.1 Å². The summed E-state index contributed by atoms with van der Waals surface area (Å²) in [6.07, 6.45) is 8.89. The molecule has 0 saturated heterocycles. The zero-order chi connectivity index (χ0) is 19.9. The molecule has 6 nitrogen and oxygen atoms in total. The minimum atomic E-state index is -0.105. The number of benzene rings is 1. The van der Waals surface area contributed by atoms with Crippen molar-refractivity contribution in [1.29, 1.82) is 0 Å². The highest BCUT2D eigenvalue weighted by atomic mass is 16.1. The topological polar surface area (TPSA) is 78.4 Å². The van der Waals surface area contributed by atoms with Crippen molar-refractivity contribution in [3.8, 4) is 0 Å². The average molecular weight is 373 g/mol. The van der Waals surface area contributed by atoms with Crippen LogP contribution >= 0.6 is 0 Å². The third-order valence-electron chi connectivity index (χ3n) is 4.28. The lowest BCUT2D eigenvalue weighted by atomic mass is 9.99. The highest BCUT2D eigenvalue weighted by Gasteiger charge is 2.26. The largest absolute Gasteiger partial charge is 0.360 e. The lowest BCUT2D eigenvalue weighted by Gasteiger charge is -2.15. The Morgan fingerprint density at radius 1 is 1.32 bits per heavy atom. The molecular formula is C22H23N5O. The number of anilines is 2. The number of hydrogen-bond donors (Lipinski definition) is 3. The van der Waals surface area contributed by atoms with Gasteiger partial charge < -0.3 is 16.0 Å². The number of nitrogens with one attached hydrogen (secondary N) is 3. The number of carbonyl (C=O) groups excluding carboxylic acids is 1. The summed E-state index contributed by atoms with van der Waals surface area (Å²) in [6.45, 7) is 8.00. The minimum Gasteiger partial charge on any atom is -0.360 e. The summed E-state index contributed by atoms with van der Waals surface area (Å²) in [5.74, 6) is 0.581. The van der Waals surface area contributed by atoms with Crippen LogP contribution in [0.5, 0.6) is 0 Å². The van der Waals surface area contributed by atoms with E-state index in [0.29, 0.717) is 17.9 Å². The van der Waals surface area contributed by atoms with E-state index in [9.17, 15) is 4.79 Å². The van der Waals surface area contributed by atoms with Gasteiger partial charge in [0.15, 0.2) is 0 Å². The molecule has 28 heavy (non-hydrogen) atoms. The van der Waals surface area contributed by atoms with E-state index in [1.807, 2.05) is 56.5 Å². The normalized spacial score (nSPS) is 14.0. The third kappa shape index (κ3) is 4.17. The van der Waals surface area contributed by atoms with Crippen LogP contribution in [0, 0.1) is 0 Å². The zero-order valence-electron chi connectivity index (χ0n) is 16.0. The SMILES string of the molecule is C=C/C(C)=N/C=C(\N/C=C\C)c1ccc(Nc2ccccn2)c2c1CNC2=O. The fraction of sp³-hybridized carbons (Fsp3) is 0.136. The van der Waals surface area contributed by atoms with Crippen molar-refractivity contribution in [3.05, 3.63) is 84.3 Å². The number of rotatable bonds is 7. The maximum Gasteiger partial charge on any atom is 0.254 e. The molecule has 1 aromatic heterocycles. The predicted octanol–water partition coefficient (Wildman–Crippen LogP) is 4.14. The Hall–Kier alpha value is -3.67. The molecule has 142 valence electrons. The van der Waals surface area contributed by atoms with E-state index in [-0.39, 0.29) is 5.91 Å². The minimum absolute atomic E-state index is 0.105. The van der Waals surface area contributed by atoms with Crippen molar-refractivity contribution in [1.82, 2.24) is 15.6 Å². The summed E-state index contributed by atoms with van der Waals surface area (Å²) < 4.78 is 0. The van der Waals surface area contributed by atoms with Gasteiger partial charge in [-0.3, -0.25) is 9.79 Å². The molecule has 0 atom stereocenters. The van der Waals surface area contributed by atoms with Crippen LogP contribution in [0.15, 0.2) is 72.7 Å². The van der Waals surface area contributed by atoms with Gasteiger partial charge in [0, 0.05) is 24.0 Å². The zero-order valence-corrected chi connectivity index (χ0v) is 16.0. The van der Waals surface area contributed by atoms with Crippen molar-refractivity contribution in [2.24, 2.45) is 4.99 Å². The highest BCUT2D eigenvalue weighted by molar-refractivity contribution is 6.05. The first-order valence-corrected chi connectivity index (χ1v) is 9.01. The molecule has 3 N–H and O–H groups in total.